The molecule has 0 saturated carbocycles. The predicted octanol–water partition coefficient (Wildman–Crippen LogP) is 0.489. The molecule has 1 aromatic rings. The highest BCUT2D eigenvalue weighted by Crippen LogP contribution is 2.26. The minimum Gasteiger partial charge on any atom is -0.303 e. The van der Waals surface area contributed by atoms with Gasteiger partial charge in [-0.2, -0.15) is 0 Å². The van der Waals surface area contributed by atoms with Crippen LogP contribution < -0.4 is 0 Å². The summed E-state index contributed by atoms with van der Waals surface area (Å²) in [6.45, 7) is 2.20. The summed E-state index contributed by atoms with van der Waals surface area (Å²) in [5.74, 6) is 0. The SMILES string of the molecule is C.CCCc1ccccc1.O=P(O)(O)O.O=P(O)(O)O.O=P(O)(O)O. The van der Waals surface area contributed by atoms with Crippen LogP contribution in [0.5, 0.6) is 0 Å². The van der Waals surface area contributed by atoms with E-state index in [1.807, 2.05) is 0 Å². The van der Waals surface area contributed by atoms with Gasteiger partial charge in [0.15, 0.2) is 0 Å². The van der Waals surface area contributed by atoms with Gasteiger partial charge < -0.3 is 44.0 Å². The Kier molecular flexibility index (Phi) is 20.3. The van der Waals surface area contributed by atoms with Gasteiger partial charge in [-0.05, 0) is 12.0 Å². The molecule has 0 atom stereocenters. The lowest BCUT2D eigenvalue weighted by molar-refractivity contribution is 0.272. The van der Waals surface area contributed by atoms with Crippen LogP contribution in [0.4, 0.5) is 0 Å². The lowest BCUT2D eigenvalue weighted by atomic mass is 10.1. The van der Waals surface area contributed by atoms with Crippen molar-refractivity contribution in [3.8, 4) is 0 Å². The van der Waals surface area contributed by atoms with Crippen molar-refractivity contribution in [3.05, 3.63) is 35.9 Å². The van der Waals surface area contributed by atoms with Crippen molar-refractivity contribution in [2.45, 2.75) is 27.2 Å². The van der Waals surface area contributed by atoms with Crippen LogP contribution in [0.2, 0.25) is 0 Å². The summed E-state index contributed by atoms with van der Waals surface area (Å²) in [7, 11) is -13.9. The first kappa shape index (κ1) is 32.2. The minimum atomic E-state index is -4.64. The highest BCUT2D eigenvalue weighted by atomic mass is 31.2. The zero-order chi connectivity index (χ0) is 20.0. The number of phosphoric acid groups is 3. The van der Waals surface area contributed by atoms with Crippen molar-refractivity contribution in [1.29, 1.82) is 0 Å². The molecule has 1 aromatic carbocycles. The molecular weight excluding hydrogens is 405 g/mol. The Morgan fingerprint density at radius 3 is 1.12 bits per heavy atom. The molecule has 0 bridgehead atoms. The summed E-state index contributed by atoms with van der Waals surface area (Å²) in [5, 5.41) is 0. The molecule has 0 amide bonds. The molecule has 0 aliphatic rings. The third kappa shape index (κ3) is 98.3. The van der Waals surface area contributed by atoms with E-state index in [0.717, 1.165) is 0 Å². The van der Waals surface area contributed by atoms with Crippen LogP contribution in [-0.2, 0) is 20.1 Å². The van der Waals surface area contributed by atoms with Crippen LogP contribution in [-0.4, -0.2) is 44.0 Å². The van der Waals surface area contributed by atoms with Gasteiger partial charge >= 0.3 is 23.5 Å². The summed E-state index contributed by atoms with van der Waals surface area (Å²) in [6, 6.07) is 10.6. The molecule has 12 nitrogen and oxygen atoms in total. The van der Waals surface area contributed by atoms with E-state index >= 15 is 0 Å². The number of aryl methyl sites for hydroxylation is 1. The van der Waals surface area contributed by atoms with Crippen LogP contribution in [0.3, 0.4) is 0 Å². The van der Waals surface area contributed by atoms with E-state index in [2.05, 4.69) is 37.3 Å². The summed E-state index contributed by atoms with van der Waals surface area (Å²) >= 11 is 0. The van der Waals surface area contributed by atoms with E-state index in [9.17, 15) is 0 Å². The van der Waals surface area contributed by atoms with Crippen LogP contribution in [0.1, 0.15) is 26.3 Å². The van der Waals surface area contributed by atoms with Crippen LogP contribution in [0.25, 0.3) is 0 Å². The summed E-state index contributed by atoms with van der Waals surface area (Å²) in [4.78, 5) is 64.7. The molecule has 0 aliphatic heterocycles. The molecule has 0 saturated heterocycles. The quantitative estimate of drug-likeness (QED) is 0.292. The first-order valence-electron chi connectivity index (χ1n) is 5.82. The van der Waals surface area contributed by atoms with Gasteiger partial charge in [-0.15, -0.1) is 0 Å². The number of hydrogen-bond donors (Lipinski definition) is 9. The molecular formula is C10H25O12P3. The maximum atomic E-state index is 8.88. The summed E-state index contributed by atoms with van der Waals surface area (Å²) in [5.41, 5.74) is 1.44. The molecule has 152 valence electrons. The third-order valence-corrected chi connectivity index (χ3v) is 1.38. The lowest BCUT2D eigenvalue weighted by Gasteiger charge is -1.93. The molecule has 0 heterocycles. The fraction of sp³-hybridized carbons (Fsp3) is 0.400. The van der Waals surface area contributed by atoms with Gasteiger partial charge in [0, 0.05) is 0 Å². The first-order valence-corrected chi connectivity index (χ1v) is 10.5. The second-order valence-corrected chi connectivity index (χ2v) is 6.86. The van der Waals surface area contributed by atoms with Gasteiger partial charge in [0.2, 0.25) is 0 Å². The molecule has 1 rings (SSSR count). The van der Waals surface area contributed by atoms with Crippen molar-refractivity contribution >= 4 is 23.5 Å². The molecule has 15 heteroatoms. The molecule has 0 fully saturated rings. The highest BCUT2D eigenvalue weighted by molar-refractivity contribution is 7.45. The lowest BCUT2D eigenvalue weighted by Crippen LogP contribution is -1.78. The normalized spacial score (nSPS) is 10.5. The summed E-state index contributed by atoms with van der Waals surface area (Å²) < 4.78 is 26.6. The van der Waals surface area contributed by atoms with Crippen molar-refractivity contribution in [2.24, 2.45) is 0 Å². The van der Waals surface area contributed by atoms with Crippen molar-refractivity contribution < 1.29 is 57.7 Å². The smallest absolute Gasteiger partial charge is 0.303 e. The zero-order valence-corrected chi connectivity index (χ0v) is 15.1. The van der Waals surface area contributed by atoms with Gasteiger partial charge in [0.25, 0.3) is 0 Å². The van der Waals surface area contributed by atoms with Gasteiger partial charge in [0.05, 0.1) is 0 Å². The minimum absolute atomic E-state index is 0. The molecule has 9 N–H and O–H groups in total. The van der Waals surface area contributed by atoms with Crippen molar-refractivity contribution in [2.75, 3.05) is 0 Å². The molecule has 0 unspecified atom stereocenters. The molecule has 25 heavy (non-hydrogen) atoms. The van der Waals surface area contributed by atoms with Gasteiger partial charge in [0.1, 0.15) is 0 Å². The zero-order valence-electron chi connectivity index (χ0n) is 12.4. The standard InChI is InChI=1S/C9H12.CH4.3H3O4P/c1-2-6-9-7-4-3-5-8-9;;3*1-5(2,3)4/h3-5,7-8H,2,6H2,1H3;1H4;3*(H3,1,2,3,4). The topological polar surface area (TPSA) is 233 Å². The van der Waals surface area contributed by atoms with E-state index in [1.165, 1.54) is 18.4 Å². The second-order valence-electron chi connectivity index (χ2n) is 3.78. The number of hydrogen-bond acceptors (Lipinski definition) is 3. The van der Waals surface area contributed by atoms with E-state index in [4.69, 9.17) is 57.7 Å². The van der Waals surface area contributed by atoms with Crippen LogP contribution >= 0.6 is 23.5 Å². The molecule has 0 spiro atoms. The Morgan fingerprint density at radius 1 is 0.680 bits per heavy atom. The number of benzene rings is 1. The summed E-state index contributed by atoms with van der Waals surface area (Å²) in [6.07, 6.45) is 2.45. The fourth-order valence-electron chi connectivity index (χ4n) is 0.933. The van der Waals surface area contributed by atoms with Crippen LogP contribution in [0.15, 0.2) is 30.3 Å². The molecule has 0 radical (unpaired) electrons. The Balaban J connectivity index is -0.000000122. The van der Waals surface area contributed by atoms with E-state index in [0.29, 0.717) is 0 Å². The third-order valence-electron chi connectivity index (χ3n) is 1.38. The van der Waals surface area contributed by atoms with E-state index in [1.54, 1.807) is 0 Å². The fourth-order valence-corrected chi connectivity index (χ4v) is 0.933. The second kappa shape index (κ2) is 15.8. The van der Waals surface area contributed by atoms with Crippen molar-refractivity contribution in [3.63, 3.8) is 0 Å². The Hall–Kier alpha value is -0.450. The van der Waals surface area contributed by atoms with Crippen molar-refractivity contribution in [1.82, 2.24) is 0 Å². The first-order chi connectivity index (χ1) is 10.4. The largest absolute Gasteiger partial charge is 0.466 e. The van der Waals surface area contributed by atoms with E-state index in [-0.39, 0.29) is 7.43 Å². The average molecular weight is 430 g/mol. The van der Waals surface area contributed by atoms with Crippen LogP contribution in [0, 0.1) is 0 Å². The Labute approximate surface area is 145 Å². The maximum Gasteiger partial charge on any atom is 0.466 e. The molecule has 0 aromatic heterocycles. The Bertz CT molecular complexity index is 473. The highest BCUT2D eigenvalue weighted by Gasteiger charge is 2.01. The van der Waals surface area contributed by atoms with Gasteiger partial charge in [-0.25, -0.2) is 13.7 Å². The monoisotopic (exact) mass is 430 g/mol. The van der Waals surface area contributed by atoms with E-state index < -0.39 is 23.5 Å². The Morgan fingerprint density at radius 2 is 0.920 bits per heavy atom. The maximum absolute atomic E-state index is 8.88. The number of rotatable bonds is 2. The van der Waals surface area contributed by atoms with Gasteiger partial charge in [-0.3, -0.25) is 0 Å². The predicted molar refractivity (Wildman–Crippen MR) is 90.0 cm³/mol. The average Bonchev–Trinajstić information content (AvgIpc) is 2.23. The van der Waals surface area contributed by atoms with Gasteiger partial charge in [-0.1, -0.05) is 51.1 Å². The molecule has 0 aliphatic carbocycles.